The fourth-order valence-electron chi connectivity index (χ4n) is 7.16. The van der Waals surface area contributed by atoms with Crippen molar-refractivity contribution in [3.63, 3.8) is 0 Å². The van der Waals surface area contributed by atoms with E-state index >= 15 is 0 Å². The molecule has 0 saturated carbocycles. The van der Waals surface area contributed by atoms with Gasteiger partial charge in [-0.25, -0.2) is 15.0 Å². The highest BCUT2D eigenvalue weighted by atomic mass is 15.0. The van der Waals surface area contributed by atoms with Gasteiger partial charge in [0.2, 0.25) is 0 Å². The van der Waals surface area contributed by atoms with E-state index in [0.29, 0.717) is 17.5 Å². The van der Waals surface area contributed by atoms with Crippen LogP contribution in [0.5, 0.6) is 0 Å². The number of aromatic nitrogens is 4. The molecule has 0 amide bonds. The van der Waals surface area contributed by atoms with Gasteiger partial charge in [-0.3, -0.25) is 4.98 Å². The number of nitrogens with zero attached hydrogens (tertiary/aromatic N) is 4. The average Bonchev–Trinajstić information content (AvgIpc) is 3.56. The first-order chi connectivity index (χ1) is 20.7. The third-order valence-corrected chi connectivity index (χ3v) is 9.29. The van der Waals surface area contributed by atoms with Crippen LogP contribution in [0.15, 0.2) is 109 Å². The van der Waals surface area contributed by atoms with Gasteiger partial charge < -0.3 is 0 Å². The van der Waals surface area contributed by atoms with E-state index in [1.807, 2.05) is 42.6 Å². The predicted molar refractivity (Wildman–Crippen MR) is 169 cm³/mol. The van der Waals surface area contributed by atoms with Crippen molar-refractivity contribution in [2.24, 2.45) is 0 Å². The molecule has 4 nitrogen and oxygen atoms in total. The first-order valence-electron chi connectivity index (χ1n) is 14.8. The molecule has 42 heavy (non-hydrogen) atoms. The molecule has 8 rings (SSSR count). The van der Waals surface area contributed by atoms with E-state index in [1.165, 1.54) is 44.6 Å². The quantitative estimate of drug-likeness (QED) is 0.218. The zero-order valence-corrected chi connectivity index (χ0v) is 23.8. The SMILES string of the molecule is CCC1(CC)c2cc3c(cc2-c2c(-c4nc(-c5ccccc5)nc(-c5ccccc5)n4)cccc21)Cc1ncccc1-3. The van der Waals surface area contributed by atoms with Crippen LogP contribution in [-0.4, -0.2) is 19.9 Å². The summed E-state index contributed by atoms with van der Waals surface area (Å²) in [5, 5.41) is 0. The second kappa shape index (κ2) is 9.56. The highest BCUT2D eigenvalue weighted by Crippen LogP contribution is 2.57. The maximum absolute atomic E-state index is 5.12. The molecule has 2 heterocycles. The zero-order chi connectivity index (χ0) is 28.3. The minimum absolute atomic E-state index is 0.0712. The van der Waals surface area contributed by atoms with Gasteiger partial charge in [0.1, 0.15) is 0 Å². The lowest BCUT2D eigenvalue weighted by Gasteiger charge is -2.30. The summed E-state index contributed by atoms with van der Waals surface area (Å²) >= 11 is 0. The molecular formula is C38H30N4. The lowest BCUT2D eigenvalue weighted by atomic mass is 9.73. The summed E-state index contributed by atoms with van der Waals surface area (Å²) in [5.41, 5.74) is 13.4. The third kappa shape index (κ3) is 3.61. The van der Waals surface area contributed by atoms with E-state index in [0.717, 1.165) is 36.0 Å². The first kappa shape index (κ1) is 24.8. The molecular weight excluding hydrogens is 512 g/mol. The standard InChI is InChI=1S/C38H30N4/c1-3-38(4-2)31-19-11-17-28(34(31)30-21-26-22-33-27(18-12-20-39-33)29(26)23-32(30)38)37-41-35(24-13-7-5-8-14-24)40-36(42-37)25-15-9-6-10-16-25/h5-21,23H,3-4,22H2,1-2H3. The van der Waals surface area contributed by atoms with Crippen molar-refractivity contribution in [2.45, 2.75) is 38.5 Å². The number of rotatable bonds is 5. The molecule has 2 aromatic heterocycles. The van der Waals surface area contributed by atoms with Crippen LogP contribution in [0.4, 0.5) is 0 Å². The second-order valence-corrected chi connectivity index (χ2v) is 11.3. The summed E-state index contributed by atoms with van der Waals surface area (Å²) in [5.74, 6) is 2.07. The molecule has 4 heteroatoms. The molecule has 0 unspecified atom stereocenters. The lowest BCUT2D eigenvalue weighted by molar-refractivity contribution is 0.490. The van der Waals surface area contributed by atoms with Gasteiger partial charge in [0, 0.05) is 40.3 Å². The Kier molecular flexibility index (Phi) is 5.65. The van der Waals surface area contributed by atoms with Gasteiger partial charge in [-0.2, -0.15) is 0 Å². The fraction of sp³-hybridized carbons (Fsp3) is 0.158. The van der Waals surface area contributed by atoms with Crippen molar-refractivity contribution >= 4 is 0 Å². The Labute approximate surface area is 246 Å². The molecule has 0 N–H and O–H groups in total. The van der Waals surface area contributed by atoms with Gasteiger partial charge in [0.15, 0.2) is 17.5 Å². The molecule has 6 aromatic rings. The summed E-state index contributed by atoms with van der Waals surface area (Å²) in [7, 11) is 0. The summed E-state index contributed by atoms with van der Waals surface area (Å²) < 4.78 is 0. The second-order valence-electron chi connectivity index (χ2n) is 11.3. The Morgan fingerprint density at radius 2 is 1.21 bits per heavy atom. The number of hydrogen-bond acceptors (Lipinski definition) is 4. The van der Waals surface area contributed by atoms with Crippen molar-refractivity contribution in [3.8, 4) is 56.4 Å². The zero-order valence-electron chi connectivity index (χ0n) is 23.8. The number of benzene rings is 4. The molecule has 2 aliphatic rings. The van der Waals surface area contributed by atoms with Crippen LogP contribution in [0.2, 0.25) is 0 Å². The third-order valence-electron chi connectivity index (χ3n) is 9.29. The van der Waals surface area contributed by atoms with Crippen molar-refractivity contribution in [1.29, 1.82) is 0 Å². The van der Waals surface area contributed by atoms with E-state index in [2.05, 4.69) is 80.6 Å². The van der Waals surface area contributed by atoms with Gasteiger partial charge in [-0.1, -0.05) is 98.8 Å². The van der Waals surface area contributed by atoms with E-state index in [-0.39, 0.29) is 5.41 Å². The summed E-state index contributed by atoms with van der Waals surface area (Å²) in [4.78, 5) is 19.9. The highest BCUT2D eigenvalue weighted by molar-refractivity contribution is 5.94. The fourth-order valence-corrected chi connectivity index (χ4v) is 7.16. The van der Waals surface area contributed by atoms with Crippen molar-refractivity contribution in [1.82, 2.24) is 19.9 Å². The van der Waals surface area contributed by atoms with Gasteiger partial charge in [0.25, 0.3) is 0 Å². The van der Waals surface area contributed by atoms with Crippen molar-refractivity contribution in [2.75, 3.05) is 0 Å². The number of fused-ring (bicyclic) bond motifs is 6. The van der Waals surface area contributed by atoms with Crippen LogP contribution < -0.4 is 0 Å². The summed E-state index contributed by atoms with van der Waals surface area (Å²) in [6.45, 7) is 4.64. The van der Waals surface area contributed by atoms with Crippen LogP contribution >= 0.6 is 0 Å². The molecule has 0 aliphatic heterocycles. The Bertz CT molecular complexity index is 1920. The Balaban J connectivity index is 1.39. The van der Waals surface area contributed by atoms with Crippen LogP contribution in [0.25, 0.3) is 56.4 Å². The van der Waals surface area contributed by atoms with Crippen LogP contribution in [0, 0.1) is 0 Å². The van der Waals surface area contributed by atoms with E-state index in [9.17, 15) is 0 Å². The summed E-state index contributed by atoms with van der Waals surface area (Å²) in [6, 6.07) is 36.3. The lowest BCUT2D eigenvalue weighted by Crippen LogP contribution is -2.23. The monoisotopic (exact) mass is 542 g/mol. The van der Waals surface area contributed by atoms with Gasteiger partial charge in [-0.15, -0.1) is 0 Å². The molecule has 202 valence electrons. The molecule has 0 saturated heterocycles. The predicted octanol–water partition coefficient (Wildman–Crippen LogP) is 8.93. The normalized spacial score (nSPS) is 13.8. The van der Waals surface area contributed by atoms with E-state index < -0.39 is 0 Å². The van der Waals surface area contributed by atoms with Gasteiger partial charge >= 0.3 is 0 Å². The van der Waals surface area contributed by atoms with E-state index in [1.54, 1.807) is 0 Å². The molecule has 0 spiro atoms. The summed E-state index contributed by atoms with van der Waals surface area (Å²) in [6.07, 6.45) is 4.81. The molecule has 0 bridgehead atoms. The van der Waals surface area contributed by atoms with Gasteiger partial charge in [0.05, 0.1) is 5.69 Å². The Morgan fingerprint density at radius 3 is 1.88 bits per heavy atom. The molecule has 0 radical (unpaired) electrons. The molecule has 0 atom stereocenters. The Hall–Kier alpha value is -4.96. The van der Waals surface area contributed by atoms with Crippen LogP contribution in [0.3, 0.4) is 0 Å². The first-order valence-corrected chi connectivity index (χ1v) is 14.8. The van der Waals surface area contributed by atoms with E-state index in [4.69, 9.17) is 19.9 Å². The van der Waals surface area contributed by atoms with Crippen LogP contribution in [-0.2, 0) is 11.8 Å². The van der Waals surface area contributed by atoms with Crippen molar-refractivity contribution < 1.29 is 0 Å². The molecule has 2 aliphatic carbocycles. The smallest absolute Gasteiger partial charge is 0.164 e. The average molecular weight is 543 g/mol. The highest BCUT2D eigenvalue weighted by Gasteiger charge is 2.43. The molecule has 0 fully saturated rings. The largest absolute Gasteiger partial charge is 0.260 e. The molecule has 4 aromatic carbocycles. The Morgan fingerprint density at radius 1 is 0.571 bits per heavy atom. The maximum Gasteiger partial charge on any atom is 0.164 e. The number of pyridine rings is 1. The van der Waals surface area contributed by atoms with Gasteiger partial charge in [-0.05, 0) is 64.4 Å². The minimum atomic E-state index is -0.0712. The minimum Gasteiger partial charge on any atom is -0.260 e. The maximum atomic E-state index is 5.12. The topological polar surface area (TPSA) is 51.6 Å². The number of hydrogen-bond donors (Lipinski definition) is 0. The van der Waals surface area contributed by atoms with Crippen molar-refractivity contribution in [3.05, 3.63) is 132 Å². The van der Waals surface area contributed by atoms with Crippen LogP contribution in [0.1, 0.15) is 49.1 Å².